The number of anilines is 1. The SMILES string of the molecule is Cc1ccc(S(=O)(=O)N2CCCC3(C2)OCCO3)c(N)c1. The van der Waals surface area contributed by atoms with Crippen molar-refractivity contribution < 1.29 is 17.9 Å². The number of benzene rings is 1. The molecule has 2 fully saturated rings. The van der Waals surface area contributed by atoms with Crippen molar-refractivity contribution >= 4 is 15.7 Å². The minimum absolute atomic E-state index is 0.156. The Hall–Kier alpha value is -1.15. The van der Waals surface area contributed by atoms with Crippen molar-refractivity contribution in [2.75, 3.05) is 32.0 Å². The molecule has 0 bridgehead atoms. The molecule has 0 amide bonds. The molecule has 3 rings (SSSR count). The number of nitrogen functional groups attached to an aromatic ring is 1. The van der Waals surface area contributed by atoms with Crippen LogP contribution in [0.1, 0.15) is 18.4 Å². The molecule has 0 radical (unpaired) electrons. The van der Waals surface area contributed by atoms with Crippen LogP contribution in [0.3, 0.4) is 0 Å². The monoisotopic (exact) mass is 312 g/mol. The van der Waals surface area contributed by atoms with Crippen molar-refractivity contribution in [2.45, 2.75) is 30.4 Å². The van der Waals surface area contributed by atoms with E-state index in [9.17, 15) is 8.42 Å². The molecule has 2 aliphatic rings. The van der Waals surface area contributed by atoms with E-state index in [-0.39, 0.29) is 17.1 Å². The Morgan fingerprint density at radius 3 is 2.67 bits per heavy atom. The van der Waals surface area contributed by atoms with Gasteiger partial charge in [-0.25, -0.2) is 8.42 Å². The Morgan fingerprint density at radius 1 is 1.29 bits per heavy atom. The smallest absolute Gasteiger partial charge is 0.245 e. The first-order chi connectivity index (χ1) is 9.93. The minimum Gasteiger partial charge on any atom is -0.398 e. The third-order valence-electron chi connectivity index (χ3n) is 3.98. The fourth-order valence-electron chi connectivity index (χ4n) is 2.93. The molecule has 1 aromatic carbocycles. The van der Waals surface area contributed by atoms with Gasteiger partial charge in [0.2, 0.25) is 10.0 Å². The maximum absolute atomic E-state index is 12.8. The van der Waals surface area contributed by atoms with Crippen molar-refractivity contribution in [1.82, 2.24) is 4.31 Å². The lowest BCUT2D eigenvalue weighted by atomic mass is 10.1. The normalized spacial score (nSPS) is 22.7. The Kier molecular flexibility index (Phi) is 3.69. The van der Waals surface area contributed by atoms with Gasteiger partial charge < -0.3 is 15.2 Å². The van der Waals surface area contributed by atoms with Gasteiger partial charge in [-0.3, -0.25) is 0 Å². The summed E-state index contributed by atoms with van der Waals surface area (Å²) >= 11 is 0. The second-order valence-electron chi connectivity index (χ2n) is 5.59. The topological polar surface area (TPSA) is 81.9 Å². The lowest BCUT2D eigenvalue weighted by Gasteiger charge is -2.37. The van der Waals surface area contributed by atoms with Crippen LogP contribution in [0, 0.1) is 6.92 Å². The van der Waals surface area contributed by atoms with Gasteiger partial charge in [0, 0.05) is 13.0 Å². The second-order valence-corrected chi connectivity index (χ2v) is 7.50. The quantitative estimate of drug-likeness (QED) is 0.827. The summed E-state index contributed by atoms with van der Waals surface area (Å²) in [5, 5.41) is 0. The number of piperidine rings is 1. The first-order valence-electron chi connectivity index (χ1n) is 7.07. The molecule has 0 unspecified atom stereocenters. The minimum atomic E-state index is -3.62. The van der Waals surface area contributed by atoms with E-state index in [2.05, 4.69) is 0 Å². The summed E-state index contributed by atoms with van der Waals surface area (Å²) in [6.07, 6.45) is 1.44. The van der Waals surface area contributed by atoms with Crippen LogP contribution in [-0.4, -0.2) is 44.8 Å². The van der Waals surface area contributed by atoms with Gasteiger partial charge in [0.15, 0.2) is 5.79 Å². The van der Waals surface area contributed by atoms with Gasteiger partial charge in [-0.1, -0.05) is 6.07 Å². The molecule has 2 N–H and O–H groups in total. The van der Waals surface area contributed by atoms with Crippen LogP contribution in [-0.2, 0) is 19.5 Å². The lowest BCUT2D eigenvalue weighted by Crippen LogP contribution is -2.50. The molecule has 2 saturated heterocycles. The van der Waals surface area contributed by atoms with Crippen LogP contribution in [0.4, 0.5) is 5.69 Å². The lowest BCUT2D eigenvalue weighted by molar-refractivity contribution is -0.179. The van der Waals surface area contributed by atoms with Crippen molar-refractivity contribution in [2.24, 2.45) is 0 Å². The van der Waals surface area contributed by atoms with E-state index < -0.39 is 15.8 Å². The van der Waals surface area contributed by atoms with E-state index in [0.717, 1.165) is 12.0 Å². The van der Waals surface area contributed by atoms with Crippen LogP contribution in [0.15, 0.2) is 23.1 Å². The van der Waals surface area contributed by atoms with Crippen molar-refractivity contribution in [3.63, 3.8) is 0 Å². The van der Waals surface area contributed by atoms with E-state index >= 15 is 0 Å². The van der Waals surface area contributed by atoms with Crippen LogP contribution in [0.2, 0.25) is 0 Å². The Labute approximate surface area is 124 Å². The fourth-order valence-corrected chi connectivity index (χ4v) is 4.54. The standard InChI is InChI=1S/C14H20N2O4S/c1-11-3-4-13(12(15)9-11)21(17,18)16-6-2-5-14(10-16)19-7-8-20-14/h3-4,9H,2,5-8,10,15H2,1H3. The average Bonchev–Trinajstić information content (AvgIpc) is 2.86. The summed E-state index contributed by atoms with van der Waals surface area (Å²) in [6.45, 7) is 3.59. The molecule has 1 spiro atoms. The summed E-state index contributed by atoms with van der Waals surface area (Å²) in [6, 6.07) is 5.00. The number of hydrogen-bond acceptors (Lipinski definition) is 5. The molecule has 2 heterocycles. The van der Waals surface area contributed by atoms with Crippen LogP contribution >= 0.6 is 0 Å². The van der Waals surface area contributed by atoms with Gasteiger partial charge in [0.25, 0.3) is 0 Å². The number of nitrogens with zero attached hydrogens (tertiary/aromatic N) is 1. The molecule has 1 aromatic rings. The Morgan fingerprint density at radius 2 is 2.00 bits per heavy atom. The summed E-state index contributed by atoms with van der Waals surface area (Å²) < 4.78 is 38.3. The molecular weight excluding hydrogens is 292 g/mol. The zero-order valence-electron chi connectivity index (χ0n) is 12.0. The second kappa shape index (κ2) is 5.24. The molecule has 6 nitrogen and oxygen atoms in total. The summed E-state index contributed by atoms with van der Waals surface area (Å²) in [4.78, 5) is 0.156. The highest BCUT2D eigenvalue weighted by molar-refractivity contribution is 7.89. The first-order valence-corrected chi connectivity index (χ1v) is 8.51. The Bertz CT molecular complexity index is 638. The first kappa shape index (κ1) is 14.8. The zero-order valence-corrected chi connectivity index (χ0v) is 12.9. The molecular formula is C14H20N2O4S. The van der Waals surface area contributed by atoms with Gasteiger partial charge in [-0.15, -0.1) is 0 Å². The van der Waals surface area contributed by atoms with Crippen molar-refractivity contribution in [3.8, 4) is 0 Å². The third kappa shape index (κ3) is 2.66. The number of ether oxygens (including phenoxy) is 2. The molecule has 7 heteroatoms. The predicted molar refractivity (Wildman–Crippen MR) is 78.2 cm³/mol. The molecule has 116 valence electrons. The molecule has 0 aliphatic carbocycles. The maximum Gasteiger partial charge on any atom is 0.245 e. The maximum atomic E-state index is 12.8. The third-order valence-corrected chi connectivity index (χ3v) is 5.90. The number of aryl methyl sites for hydroxylation is 1. The van der Waals surface area contributed by atoms with Crippen LogP contribution in [0.5, 0.6) is 0 Å². The molecule has 0 atom stereocenters. The average molecular weight is 312 g/mol. The summed E-state index contributed by atoms with van der Waals surface area (Å²) in [5.74, 6) is -0.773. The highest BCUT2D eigenvalue weighted by atomic mass is 32.2. The summed E-state index contributed by atoms with van der Waals surface area (Å²) in [5.41, 5.74) is 7.11. The van der Waals surface area contributed by atoms with Crippen molar-refractivity contribution in [3.05, 3.63) is 23.8 Å². The highest BCUT2D eigenvalue weighted by Gasteiger charge is 2.44. The predicted octanol–water partition coefficient (Wildman–Crippen LogP) is 1.10. The fraction of sp³-hybridized carbons (Fsp3) is 0.571. The number of nitrogens with two attached hydrogens (primary N) is 1. The molecule has 2 aliphatic heterocycles. The number of hydrogen-bond donors (Lipinski definition) is 1. The van der Waals surface area contributed by atoms with Crippen LogP contribution in [0.25, 0.3) is 0 Å². The highest BCUT2D eigenvalue weighted by Crippen LogP contribution is 2.34. The van der Waals surface area contributed by atoms with Gasteiger partial charge in [-0.05, 0) is 31.0 Å². The van der Waals surface area contributed by atoms with E-state index in [1.807, 2.05) is 6.92 Å². The molecule has 0 saturated carbocycles. The van der Waals surface area contributed by atoms with E-state index in [0.29, 0.717) is 26.2 Å². The molecule has 21 heavy (non-hydrogen) atoms. The van der Waals surface area contributed by atoms with Gasteiger partial charge in [0.1, 0.15) is 4.90 Å². The zero-order chi connectivity index (χ0) is 15.1. The number of rotatable bonds is 2. The van der Waals surface area contributed by atoms with Crippen LogP contribution < -0.4 is 5.73 Å². The number of sulfonamides is 1. The van der Waals surface area contributed by atoms with E-state index in [1.54, 1.807) is 18.2 Å². The van der Waals surface area contributed by atoms with Gasteiger partial charge in [-0.2, -0.15) is 4.31 Å². The van der Waals surface area contributed by atoms with E-state index in [4.69, 9.17) is 15.2 Å². The van der Waals surface area contributed by atoms with Crippen molar-refractivity contribution in [1.29, 1.82) is 0 Å². The molecule has 0 aromatic heterocycles. The largest absolute Gasteiger partial charge is 0.398 e. The Balaban J connectivity index is 1.90. The summed E-state index contributed by atoms with van der Waals surface area (Å²) in [7, 11) is -3.62. The van der Waals surface area contributed by atoms with E-state index in [1.165, 1.54) is 4.31 Å². The van der Waals surface area contributed by atoms with Gasteiger partial charge in [0.05, 0.1) is 25.4 Å². The van der Waals surface area contributed by atoms with Gasteiger partial charge >= 0.3 is 0 Å².